The van der Waals surface area contributed by atoms with Crippen LogP contribution in [-0.4, -0.2) is 25.6 Å². The summed E-state index contributed by atoms with van der Waals surface area (Å²) in [4.78, 5) is 12.5. The molecule has 0 N–H and O–H groups in total. The molecule has 9 heteroatoms. The van der Waals surface area contributed by atoms with E-state index >= 15 is 0 Å². The van der Waals surface area contributed by atoms with Crippen molar-refractivity contribution in [2.24, 2.45) is 0 Å². The molecular weight excluding hydrogens is 372 g/mol. The second kappa shape index (κ2) is 6.62. The minimum atomic E-state index is -0.683. The van der Waals surface area contributed by atoms with Crippen molar-refractivity contribution in [1.29, 1.82) is 0 Å². The van der Waals surface area contributed by atoms with Crippen LogP contribution in [0.2, 0.25) is 0 Å². The summed E-state index contributed by atoms with van der Waals surface area (Å²) in [6.07, 6.45) is 0. The van der Waals surface area contributed by atoms with E-state index in [9.17, 15) is 4.79 Å². The van der Waals surface area contributed by atoms with Gasteiger partial charge in [-0.25, -0.2) is 4.79 Å². The van der Waals surface area contributed by atoms with E-state index in [4.69, 9.17) is 33.3 Å². The van der Waals surface area contributed by atoms with Crippen LogP contribution in [0.3, 0.4) is 0 Å². The molecule has 2 aromatic carbocycles. The number of rotatable bonds is 2. The standard InChI is InChI=1S/C17H10N4O3S2/c22-15(20-16(25)23-13(18-20)11-7-3-1-4-8-11)21-17(26)24-14(19-21)12-9-5-2-6-10-12/h1-10H. The normalized spacial score (nSPS) is 10.8. The topological polar surface area (TPSA) is 79.0 Å². The smallest absolute Gasteiger partial charge is 0.377 e. The zero-order chi connectivity index (χ0) is 18.1. The zero-order valence-corrected chi connectivity index (χ0v) is 14.7. The van der Waals surface area contributed by atoms with Crippen molar-refractivity contribution < 1.29 is 13.6 Å². The largest absolute Gasteiger partial charge is 0.409 e. The van der Waals surface area contributed by atoms with Gasteiger partial charge in [0, 0.05) is 11.1 Å². The van der Waals surface area contributed by atoms with Crippen molar-refractivity contribution >= 4 is 30.5 Å². The maximum absolute atomic E-state index is 12.7. The van der Waals surface area contributed by atoms with Gasteiger partial charge in [0.15, 0.2) is 0 Å². The first-order chi connectivity index (χ1) is 12.6. The summed E-state index contributed by atoms with van der Waals surface area (Å²) in [5.41, 5.74) is 1.39. The van der Waals surface area contributed by atoms with Crippen LogP contribution in [0.1, 0.15) is 0 Å². The molecule has 2 aromatic heterocycles. The van der Waals surface area contributed by atoms with Crippen molar-refractivity contribution in [2.75, 3.05) is 0 Å². The average molecular weight is 382 g/mol. The number of nitrogens with zero attached hydrogens (tertiary/aromatic N) is 4. The third-order valence-corrected chi connectivity index (χ3v) is 4.01. The fraction of sp³-hybridized carbons (Fsp3) is 0. The summed E-state index contributed by atoms with van der Waals surface area (Å²) in [5.74, 6) is 0.449. The van der Waals surface area contributed by atoms with Gasteiger partial charge < -0.3 is 8.83 Å². The van der Waals surface area contributed by atoms with Gasteiger partial charge >= 0.3 is 6.03 Å². The van der Waals surface area contributed by atoms with Gasteiger partial charge in [0.25, 0.3) is 9.67 Å². The summed E-state index contributed by atoms with van der Waals surface area (Å²) in [6, 6.07) is 17.5. The summed E-state index contributed by atoms with van der Waals surface area (Å²) < 4.78 is 12.7. The maximum Gasteiger partial charge on any atom is 0.377 e. The molecule has 2 heterocycles. The van der Waals surface area contributed by atoms with Gasteiger partial charge in [0.05, 0.1) is 0 Å². The predicted molar refractivity (Wildman–Crippen MR) is 97.7 cm³/mol. The summed E-state index contributed by atoms with van der Waals surface area (Å²) in [5, 5.41) is 8.25. The van der Waals surface area contributed by atoms with E-state index in [0.29, 0.717) is 11.1 Å². The molecule has 7 nitrogen and oxygen atoms in total. The van der Waals surface area contributed by atoms with E-state index in [-0.39, 0.29) is 21.5 Å². The van der Waals surface area contributed by atoms with Crippen LogP contribution in [0.25, 0.3) is 22.9 Å². The van der Waals surface area contributed by atoms with E-state index in [1.165, 1.54) is 0 Å². The Bertz CT molecular complexity index is 1100. The predicted octanol–water partition coefficient (Wildman–Crippen LogP) is 4.57. The van der Waals surface area contributed by atoms with Gasteiger partial charge in [0.1, 0.15) is 0 Å². The lowest BCUT2D eigenvalue weighted by Gasteiger charge is -1.96. The molecule has 128 valence electrons. The Hall–Kier alpha value is -3.17. The highest BCUT2D eigenvalue weighted by Crippen LogP contribution is 2.19. The lowest BCUT2D eigenvalue weighted by atomic mass is 10.2. The molecule has 26 heavy (non-hydrogen) atoms. The molecule has 0 bridgehead atoms. The number of benzene rings is 2. The minimum Gasteiger partial charge on any atom is -0.409 e. The van der Waals surface area contributed by atoms with Crippen molar-refractivity contribution in [3.8, 4) is 22.9 Å². The zero-order valence-electron chi connectivity index (χ0n) is 13.1. The van der Waals surface area contributed by atoms with Gasteiger partial charge in [-0.1, -0.05) is 36.4 Å². The second-order valence-electron chi connectivity index (χ2n) is 5.18. The van der Waals surface area contributed by atoms with Crippen molar-refractivity contribution in [3.05, 3.63) is 70.3 Å². The molecule has 0 aliphatic carbocycles. The summed E-state index contributed by atoms with van der Waals surface area (Å²) in [6.45, 7) is 0. The van der Waals surface area contributed by atoms with Crippen molar-refractivity contribution in [1.82, 2.24) is 19.6 Å². The summed E-state index contributed by atoms with van der Waals surface area (Å²) in [7, 11) is 0. The highest BCUT2D eigenvalue weighted by atomic mass is 32.1. The van der Waals surface area contributed by atoms with Gasteiger partial charge in [-0.05, 0) is 48.7 Å². The third kappa shape index (κ3) is 2.93. The molecule has 0 amide bonds. The molecule has 0 spiro atoms. The fourth-order valence-electron chi connectivity index (χ4n) is 2.28. The van der Waals surface area contributed by atoms with E-state index in [0.717, 1.165) is 9.36 Å². The van der Waals surface area contributed by atoms with Crippen LogP contribution in [0.15, 0.2) is 69.5 Å². The Balaban J connectivity index is 1.73. The third-order valence-electron chi connectivity index (χ3n) is 3.50. The van der Waals surface area contributed by atoms with Crippen LogP contribution in [0, 0.1) is 9.67 Å². The van der Waals surface area contributed by atoms with Crippen LogP contribution in [0.4, 0.5) is 4.79 Å². The number of hydrogen-bond donors (Lipinski definition) is 0. The maximum atomic E-state index is 12.7. The van der Waals surface area contributed by atoms with E-state index in [2.05, 4.69) is 10.2 Å². The molecule has 0 aliphatic heterocycles. The average Bonchev–Trinajstić information content (AvgIpc) is 3.26. The van der Waals surface area contributed by atoms with Crippen LogP contribution < -0.4 is 0 Å². The van der Waals surface area contributed by atoms with Gasteiger partial charge in [0.2, 0.25) is 11.8 Å². The number of aromatic nitrogens is 4. The lowest BCUT2D eigenvalue weighted by Crippen LogP contribution is -2.22. The van der Waals surface area contributed by atoms with Gasteiger partial charge in [-0.2, -0.15) is 0 Å². The number of hydrogen-bond acceptors (Lipinski definition) is 7. The lowest BCUT2D eigenvalue weighted by molar-refractivity contribution is 0.236. The molecule has 0 fully saturated rings. The molecule has 0 atom stereocenters. The highest BCUT2D eigenvalue weighted by molar-refractivity contribution is 7.71. The molecule has 4 aromatic rings. The highest BCUT2D eigenvalue weighted by Gasteiger charge is 2.20. The Morgan fingerprint density at radius 3 is 1.50 bits per heavy atom. The summed E-state index contributed by atoms with van der Waals surface area (Å²) >= 11 is 10.2. The van der Waals surface area contributed by atoms with Crippen LogP contribution >= 0.6 is 24.4 Å². The molecule has 0 aliphatic rings. The van der Waals surface area contributed by atoms with Crippen molar-refractivity contribution in [2.45, 2.75) is 0 Å². The van der Waals surface area contributed by atoms with Gasteiger partial charge in [-0.15, -0.1) is 19.6 Å². The van der Waals surface area contributed by atoms with Gasteiger partial charge in [-0.3, -0.25) is 0 Å². The van der Waals surface area contributed by atoms with E-state index in [1.54, 1.807) is 24.3 Å². The first kappa shape index (κ1) is 16.3. The van der Waals surface area contributed by atoms with E-state index < -0.39 is 6.03 Å². The monoisotopic (exact) mass is 382 g/mol. The first-order valence-corrected chi connectivity index (χ1v) is 8.31. The first-order valence-electron chi connectivity index (χ1n) is 7.49. The van der Waals surface area contributed by atoms with Crippen molar-refractivity contribution in [3.63, 3.8) is 0 Å². The van der Waals surface area contributed by atoms with Crippen LogP contribution in [0.5, 0.6) is 0 Å². The van der Waals surface area contributed by atoms with E-state index in [1.807, 2.05) is 36.4 Å². The minimum absolute atomic E-state index is 0.111. The second-order valence-corrected chi connectivity index (χ2v) is 5.88. The number of carbonyl (C=O) groups excluding carboxylic acids is 1. The quantitative estimate of drug-likeness (QED) is 0.470. The Morgan fingerprint density at radius 2 is 1.12 bits per heavy atom. The molecule has 0 saturated carbocycles. The molecule has 0 saturated heterocycles. The number of carbonyl (C=O) groups is 1. The molecule has 4 rings (SSSR count). The molecular formula is C17H10N4O3S2. The molecule has 0 unspecified atom stereocenters. The Labute approximate surface area is 157 Å². The fourth-order valence-corrected chi connectivity index (χ4v) is 2.68. The Kier molecular flexibility index (Phi) is 4.15. The molecule has 0 radical (unpaired) electrons. The van der Waals surface area contributed by atoms with Crippen LogP contribution in [-0.2, 0) is 0 Å². The SMILES string of the molecule is O=C(n1nc(-c2ccccc2)oc1=S)n1nc(-c2ccccc2)oc1=S. The Morgan fingerprint density at radius 1 is 0.731 bits per heavy atom.